The molecular formula is C13H14BrFO4. The van der Waals surface area contributed by atoms with Crippen molar-refractivity contribution in [1.82, 2.24) is 0 Å². The number of rotatable bonds is 2. The third-order valence-corrected chi connectivity index (χ3v) is 4.54. The van der Waals surface area contributed by atoms with Gasteiger partial charge in [-0.25, -0.2) is 4.39 Å². The number of halogens is 2. The predicted octanol–water partition coefficient (Wildman–Crippen LogP) is 3.29. The minimum Gasteiger partial charge on any atom is -0.504 e. The zero-order valence-electron chi connectivity index (χ0n) is 10.1. The highest BCUT2D eigenvalue weighted by Crippen LogP contribution is 2.49. The van der Waals surface area contributed by atoms with Crippen molar-refractivity contribution in [2.24, 2.45) is 0 Å². The summed E-state index contributed by atoms with van der Waals surface area (Å²) >= 11 is 2.99. The molecule has 1 aromatic rings. The maximum absolute atomic E-state index is 13.7. The average Bonchev–Trinajstić information content (AvgIpc) is 2.37. The fourth-order valence-electron chi connectivity index (χ4n) is 2.77. The minimum absolute atomic E-state index is 0.0581. The standard InChI is InChI=1S/C13H14BrFO4/c14-10-7(15)6-8(16)11(17)9(10)13(12(18)19)4-2-1-3-5-13/h6,16-17H,1-5H2,(H,18,19). The zero-order chi connectivity index (χ0) is 14.2. The van der Waals surface area contributed by atoms with Crippen LogP contribution in [-0.2, 0) is 10.2 Å². The Labute approximate surface area is 118 Å². The fraction of sp³-hybridized carbons (Fsp3) is 0.462. The second kappa shape index (κ2) is 5.00. The van der Waals surface area contributed by atoms with Gasteiger partial charge in [-0.15, -0.1) is 0 Å². The molecule has 0 aromatic heterocycles. The molecule has 0 radical (unpaired) electrons. The Morgan fingerprint density at radius 3 is 2.37 bits per heavy atom. The second-order valence-corrected chi connectivity index (χ2v) is 5.66. The van der Waals surface area contributed by atoms with Gasteiger partial charge in [0.2, 0.25) is 0 Å². The number of carbonyl (C=O) groups is 1. The highest BCUT2D eigenvalue weighted by Gasteiger charge is 2.45. The summed E-state index contributed by atoms with van der Waals surface area (Å²) in [5.74, 6) is -3.08. The lowest BCUT2D eigenvalue weighted by Crippen LogP contribution is -2.38. The van der Waals surface area contributed by atoms with Crippen molar-refractivity contribution in [3.63, 3.8) is 0 Å². The van der Waals surface area contributed by atoms with Crippen LogP contribution >= 0.6 is 15.9 Å². The highest BCUT2D eigenvalue weighted by atomic mass is 79.9. The van der Waals surface area contributed by atoms with Gasteiger partial charge in [0.25, 0.3) is 0 Å². The molecule has 4 nitrogen and oxygen atoms in total. The molecule has 0 spiro atoms. The molecular weight excluding hydrogens is 319 g/mol. The maximum atomic E-state index is 13.7. The monoisotopic (exact) mass is 332 g/mol. The third kappa shape index (κ3) is 2.18. The van der Waals surface area contributed by atoms with E-state index in [0.29, 0.717) is 25.7 Å². The molecule has 104 valence electrons. The van der Waals surface area contributed by atoms with E-state index in [1.807, 2.05) is 0 Å². The van der Waals surface area contributed by atoms with Crippen molar-refractivity contribution in [3.8, 4) is 11.5 Å². The molecule has 0 aliphatic heterocycles. The van der Waals surface area contributed by atoms with Crippen LogP contribution in [0.3, 0.4) is 0 Å². The first-order valence-corrected chi connectivity index (χ1v) is 6.83. The van der Waals surface area contributed by atoms with Crippen molar-refractivity contribution < 1.29 is 24.5 Å². The van der Waals surface area contributed by atoms with Crippen LogP contribution in [-0.4, -0.2) is 21.3 Å². The molecule has 0 unspecified atom stereocenters. The van der Waals surface area contributed by atoms with E-state index in [1.165, 1.54) is 0 Å². The lowest BCUT2D eigenvalue weighted by atomic mass is 9.69. The molecule has 3 N–H and O–H groups in total. The molecule has 0 amide bonds. The van der Waals surface area contributed by atoms with E-state index < -0.39 is 28.7 Å². The summed E-state index contributed by atoms with van der Waals surface area (Å²) in [5.41, 5.74) is -1.40. The van der Waals surface area contributed by atoms with E-state index in [4.69, 9.17) is 0 Å². The van der Waals surface area contributed by atoms with E-state index >= 15 is 0 Å². The Kier molecular flexibility index (Phi) is 3.71. The Hall–Kier alpha value is -1.30. The first kappa shape index (κ1) is 14.1. The summed E-state index contributed by atoms with van der Waals surface area (Å²) in [6.45, 7) is 0. The molecule has 19 heavy (non-hydrogen) atoms. The molecule has 1 fully saturated rings. The van der Waals surface area contributed by atoms with Crippen LogP contribution in [0.4, 0.5) is 4.39 Å². The smallest absolute Gasteiger partial charge is 0.314 e. The van der Waals surface area contributed by atoms with Crippen LogP contribution < -0.4 is 0 Å². The third-order valence-electron chi connectivity index (χ3n) is 3.77. The first-order valence-electron chi connectivity index (χ1n) is 6.04. The number of hydrogen-bond donors (Lipinski definition) is 3. The van der Waals surface area contributed by atoms with Crippen LogP contribution in [0.1, 0.15) is 37.7 Å². The van der Waals surface area contributed by atoms with Gasteiger partial charge in [-0.2, -0.15) is 0 Å². The highest BCUT2D eigenvalue weighted by molar-refractivity contribution is 9.10. The van der Waals surface area contributed by atoms with Crippen molar-refractivity contribution in [2.45, 2.75) is 37.5 Å². The Morgan fingerprint density at radius 2 is 1.84 bits per heavy atom. The number of benzene rings is 1. The topological polar surface area (TPSA) is 77.8 Å². The van der Waals surface area contributed by atoms with E-state index in [1.54, 1.807) is 0 Å². The molecule has 0 heterocycles. The average molecular weight is 333 g/mol. The number of carboxylic acids is 1. The molecule has 2 rings (SSSR count). The second-order valence-electron chi connectivity index (χ2n) is 4.86. The quantitative estimate of drug-likeness (QED) is 0.726. The van der Waals surface area contributed by atoms with Gasteiger partial charge in [0.05, 0.1) is 9.89 Å². The van der Waals surface area contributed by atoms with Gasteiger partial charge in [-0.05, 0) is 28.8 Å². The van der Waals surface area contributed by atoms with Crippen LogP contribution in [0.25, 0.3) is 0 Å². The van der Waals surface area contributed by atoms with Gasteiger partial charge < -0.3 is 15.3 Å². The molecule has 0 bridgehead atoms. The van der Waals surface area contributed by atoms with E-state index in [9.17, 15) is 24.5 Å². The van der Waals surface area contributed by atoms with Crippen molar-refractivity contribution in [3.05, 3.63) is 21.9 Å². The van der Waals surface area contributed by atoms with Crippen LogP contribution in [0, 0.1) is 5.82 Å². The SMILES string of the molecule is O=C(O)C1(c2c(O)c(O)cc(F)c2Br)CCCCC1. The van der Waals surface area contributed by atoms with Gasteiger partial charge in [-0.3, -0.25) is 4.79 Å². The lowest BCUT2D eigenvalue weighted by molar-refractivity contribution is -0.145. The fourth-order valence-corrected chi connectivity index (χ4v) is 3.45. The van der Waals surface area contributed by atoms with E-state index in [2.05, 4.69) is 15.9 Å². The van der Waals surface area contributed by atoms with Crippen molar-refractivity contribution >= 4 is 21.9 Å². The Balaban J connectivity index is 2.70. The molecule has 1 aromatic carbocycles. The summed E-state index contributed by atoms with van der Waals surface area (Å²) in [6, 6.07) is 0.765. The summed E-state index contributed by atoms with van der Waals surface area (Å²) in [5, 5.41) is 29.0. The minimum atomic E-state index is -1.35. The lowest BCUT2D eigenvalue weighted by Gasteiger charge is -2.34. The van der Waals surface area contributed by atoms with Crippen molar-refractivity contribution in [1.29, 1.82) is 0 Å². The number of aromatic hydroxyl groups is 2. The number of phenolic OH excluding ortho intramolecular Hbond substituents is 2. The summed E-state index contributed by atoms with van der Waals surface area (Å²) in [4.78, 5) is 11.7. The van der Waals surface area contributed by atoms with Gasteiger partial charge in [0.15, 0.2) is 11.5 Å². The van der Waals surface area contributed by atoms with Crippen LogP contribution in [0.2, 0.25) is 0 Å². The van der Waals surface area contributed by atoms with Gasteiger partial charge in [0.1, 0.15) is 5.82 Å². The van der Waals surface area contributed by atoms with Crippen molar-refractivity contribution in [2.75, 3.05) is 0 Å². The maximum Gasteiger partial charge on any atom is 0.314 e. The van der Waals surface area contributed by atoms with Gasteiger partial charge in [0, 0.05) is 11.6 Å². The number of carboxylic acid groups (broad SMARTS) is 1. The number of phenols is 2. The molecule has 1 aliphatic rings. The van der Waals surface area contributed by atoms with Crippen LogP contribution in [0.5, 0.6) is 11.5 Å². The summed E-state index contributed by atoms with van der Waals surface area (Å²) in [6.07, 6.45) is 2.92. The van der Waals surface area contributed by atoms with Gasteiger partial charge >= 0.3 is 5.97 Å². The number of aliphatic carboxylic acids is 1. The first-order chi connectivity index (χ1) is 8.90. The van der Waals surface area contributed by atoms with Crippen LogP contribution in [0.15, 0.2) is 10.5 Å². The molecule has 0 saturated heterocycles. The van der Waals surface area contributed by atoms with E-state index in [-0.39, 0.29) is 10.0 Å². The van der Waals surface area contributed by atoms with Gasteiger partial charge in [-0.1, -0.05) is 19.3 Å². The summed E-state index contributed by atoms with van der Waals surface area (Å²) in [7, 11) is 0. The predicted molar refractivity (Wildman–Crippen MR) is 69.8 cm³/mol. The summed E-state index contributed by atoms with van der Waals surface area (Å²) < 4.78 is 13.6. The normalized spacial score (nSPS) is 18.2. The number of hydrogen-bond acceptors (Lipinski definition) is 3. The largest absolute Gasteiger partial charge is 0.504 e. The molecule has 1 aliphatic carbocycles. The Morgan fingerprint density at radius 1 is 1.26 bits per heavy atom. The molecule has 0 atom stereocenters. The van der Waals surface area contributed by atoms with E-state index in [0.717, 1.165) is 12.5 Å². The Bertz CT molecular complexity index is 498. The zero-order valence-corrected chi connectivity index (χ0v) is 11.7. The molecule has 6 heteroatoms. The molecule has 1 saturated carbocycles.